The van der Waals surface area contributed by atoms with E-state index in [1.165, 1.54) is 11.8 Å². The molecule has 0 aliphatic heterocycles. The highest BCUT2D eigenvalue weighted by Crippen LogP contribution is 2.43. The van der Waals surface area contributed by atoms with Gasteiger partial charge in [0.15, 0.2) is 5.78 Å². The van der Waals surface area contributed by atoms with Gasteiger partial charge in [0.05, 0.1) is 0 Å². The van der Waals surface area contributed by atoms with Crippen molar-refractivity contribution in [3.63, 3.8) is 0 Å². The molecular weight excluding hydrogens is 234 g/mol. The normalized spacial score (nSPS) is 17.1. The van der Waals surface area contributed by atoms with Crippen LogP contribution in [0.5, 0.6) is 0 Å². The van der Waals surface area contributed by atoms with Crippen LogP contribution < -0.4 is 5.32 Å². The third-order valence-corrected chi connectivity index (χ3v) is 4.32. The maximum atomic E-state index is 12.7. The monoisotopic (exact) mass is 253 g/mol. The molecule has 0 aromatic heterocycles. The van der Waals surface area contributed by atoms with Crippen LogP contribution in [0, 0.1) is 5.41 Å². The van der Waals surface area contributed by atoms with Crippen LogP contribution in [0.3, 0.4) is 0 Å². The lowest BCUT2D eigenvalue weighted by atomic mass is 9.64. The Morgan fingerprint density at radius 2 is 1.89 bits per heavy atom. The van der Waals surface area contributed by atoms with E-state index < -0.39 is 0 Å². The first-order valence-electron chi connectivity index (χ1n) is 6.93. The first-order valence-corrected chi connectivity index (χ1v) is 6.93. The Labute approximate surface area is 113 Å². The predicted octanol–water partition coefficient (Wildman–Crippen LogP) is 3.41. The predicted molar refractivity (Wildman–Crippen MR) is 78.5 cm³/mol. The lowest BCUT2D eigenvalue weighted by Gasteiger charge is -2.40. The largest absolute Gasteiger partial charge is 0.319 e. The van der Waals surface area contributed by atoms with E-state index in [0.29, 0.717) is 5.78 Å². The summed E-state index contributed by atoms with van der Waals surface area (Å²) < 4.78 is 0. The molecule has 1 aliphatic carbocycles. The maximum absolute atomic E-state index is 12.7. The summed E-state index contributed by atoms with van der Waals surface area (Å²) >= 11 is 0. The Morgan fingerprint density at radius 1 is 1.16 bits per heavy atom. The SMILES string of the molecule is CNCC1(C(=O)c2ccc3ccccc3c2)CCC1. The second-order valence-corrected chi connectivity index (χ2v) is 5.56. The van der Waals surface area contributed by atoms with E-state index in [2.05, 4.69) is 17.4 Å². The van der Waals surface area contributed by atoms with Crippen LogP contribution in [-0.4, -0.2) is 19.4 Å². The first-order chi connectivity index (χ1) is 9.25. The van der Waals surface area contributed by atoms with E-state index in [1.54, 1.807) is 0 Å². The molecule has 2 aromatic carbocycles. The molecule has 2 nitrogen and oxygen atoms in total. The van der Waals surface area contributed by atoms with Gasteiger partial charge in [-0.3, -0.25) is 4.79 Å². The van der Waals surface area contributed by atoms with E-state index in [1.807, 2.05) is 37.4 Å². The van der Waals surface area contributed by atoms with Crippen molar-refractivity contribution in [1.82, 2.24) is 5.32 Å². The number of rotatable bonds is 4. The van der Waals surface area contributed by atoms with Crippen molar-refractivity contribution in [2.24, 2.45) is 5.41 Å². The molecule has 1 fully saturated rings. The Bertz CT molecular complexity index is 613. The van der Waals surface area contributed by atoms with Crippen LogP contribution >= 0.6 is 0 Å². The second kappa shape index (κ2) is 4.78. The molecule has 3 rings (SSSR count). The van der Waals surface area contributed by atoms with Crippen molar-refractivity contribution < 1.29 is 4.79 Å². The summed E-state index contributed by atoms with van der Waals surface area (Å²) in [5.41, 5.74) is 0.700. The van der Waals surface area contributed by atoms with Gasteiger partial charge >= 0.3 is 0 Å². The Hall–Kier alpha value is -1.67. The molecule has 1 N–H and O–H groups in total. The summed E-state index contributed by atoms with van der Waals surface area (Å²) in [6.07, 6.45) is 3.19. The van der Waals surface area contributed by atoms with E-state index in [0.717, 1.165) is 30.3 Å². The van der Waals surface area contributed by atoms with Crippen molar-refractivity contribution in [3.05, 3.63) is 48.0 Å². The number of benzene rings is 2. The molecule has 0 amide bonds. The smallest absolute Gasteiger partial charge is 0.170 e. The lowest BCUT2D eigenvalue weighted by molar-refractivity contribution is 0.0614. The zero-order valence-electron chi connectivity index (χ0n) is 11.3. The fraction of sp³-hybridized carbons (Fsp3) is 0.353. The van der Waals surface area contributed by atoms with Crippen LogP contribution in [0.1, 0.15) is 29.6 Å². The van der Waals surface area contributed by atoms with Gasteiger partial charge in [0.1, 0.15) is 0 Å². The molecule has 2 heteroatoms. The molecule has 2 aromatic rings. The molecule has 1 saturated carbocycles. The molecule has 98 valence electrons. The summed E-state index contributed by atoms with van der Waals surface area (Å²) in [6, 6.07) is 14.2. The minimum Gasteiger partial charge on any atom is -0.319 e. The fourth-order valence-corrected chi connectivity index (χ4v) is 3.06. The lowest BCUT2D eigenvalue weighted by Crippen LogP contribution is -2.45. The molecule has 0 spiro atoms. The summed E-state index contributed by atoms with van der Waals surface area (Å²) in [7, 11) is 1.92. The number of carbonyl (C=O) groups is 1. The number of hydrogen-bond donors (Lipinski definition) is 1. The Balaban J connectivity index is 1.97. The molecule has 0 bridgehead atoms. The highest BCUT2D eigenvalue weighted by atomic mass is 16.1. The third-order valence-electron chi connectivity index (χ3n) is 4.32. The van der Waals surface area contributed by atoms with Gasteiger partial charge in [-0.05, 0) is 36.7 Å². The van der Waals surface area contributed by atoms with Crippen LogP contribution in [0.4, 0.5) is 0 Å². The zero-order valence-corrected chi connectivity index (χ0v) is 11.3. The van der Waals surface area contributed by atoms with Gasteiger partial charge in [0, 0.05) is 17.5 Å². The van der Waals surface area contributed by atoms with Gasteiger partial charge in [-0.2, -0.15) is 0 Å². The average Bonchev–Trinajstić information content (AvgIpc) is 2.41. The number of ketones is 1. The minimum atomic E-state index is -0.156. The summed E-state index contributed by atoms with van der Waals surface area (Å²) in [5.74, 6) is 0.304. The molecule has 1 aliphatic rings. The van der Waals surface area contributed by atoms with Gasteiger partial charge in [0.2, 0.25) is 0 Å². The molecule has 0 saturated heterocycles. The van der Waals surface area contributed by atoms with Crippen molar-refractivity contribution >= 4 is 16.6 Å². The molecule has 0 unspecified atom stereocenters. The fourth-order valence-electron chi connectivity index (χ4n) is 3.06. The summed E-state index contributed by atoms with van der Waals surface area (Å²) in [4.78, 5) is 12.7. The van der Waals surface area contributed by atoms with Crippen molar-refractivity contribution in [2.75, 3.05) is 13.6 Å². The van der Waals surface area contributed by atoms with Gasteiger partial charge in [0.25, 0.3) is 0 Å². The quantitative estimate of drug-likeness (QED) is 0.846. The van der Waals surface area contributed by atoms with E-state index in [9.17, 15) is 4.79 Å². The molecule has 0 heterocycles. The number of Topliss-reactive ketones (excluding diaryl/α,β-unsaturated/α-hetero) is 1. The van der Waals surface area contributed by atoms with Crippen LogP contribution in [-0.2, 0) is 0 Å². The average molecular weight is 253 g/mol. The number of nitrogens with one attached hydrogen (secondary N) is 1. The zero-order chi connectivity index (χ0) is 13.3. The highest BCUT2D eigenvalue weighted by molar-refractivity contribution is 6.04. The minimum absolute atomic E-state index is 0.156. The number of hydrogen-bond acceptors (Lipinski definition) is 2. The summed E-state index contributed by atoms with van der Waals surface area (Å²) in [5, 5.41) is 5.51. The van der Waals surface area contributed by atoms with Crippen molar-refractivity contribution in [2.45, 2.75) is 19.3 Å². The highest BCUT2D eigenvalue weighted by Gasteiger charge is 2.43. The molecule has 0 radical (unpaired) electrons. The van der Waals surface area contributed by atoms with E-state index in [4.69, 9.17) is 0 Å². The van der Waals surface area contributed by atoms with Crippen molar-refractivity contribution in [3.8, 4) is 0 Å². The van der Waals surface area contributed by atoms with Crippen LogP contribution in [0.2, 0.25) is 0 Å². The Kier molecular flexibility index (Phi) is 3.11. The molecule has 19 heavy (non-hydrogen) atoms. The first kappa shape index (κ1) is 12.4. The maximum Gasteiger partial charge on any atom is 0.170 e. The number of fused-ring (bicyclic) bond motifs is 1. The molecule has 0 atom stereocenters. The summed E-state index contributed by atoms with van der Waals surface area (Å²) in [6.45, 7) is 0.790. The van der Waals surface area contributed by atoms with Crippen LogP contribution in [0.25, 0.3) is 10.8 Å². The third kappa shape index (κ3) is 2.06. The van der Waals surface area contributed by atoms with Crippen molar-refractivity contribution in [1.29, 1.82) is 0 Å². The van der Waals surface area contributed by atoms with Crippen LogP contribution in [0.15, 0.2) is 42.5 Å². The van der Waals surface area contributed by atoms with Gasteiger partial charge in [-0.25, -0.2) is 0 Å². The van der Waals surface area contributed by atoms with Gasteiger partial charge in [-0.1, -0.05) is 42.8 Å². The second-order valence-electron chi connectivity index (χ2n) is 5.56. The Morgan fingerprint density at radius 3 is 2.53 bits per heavy atom. The van der Waals surface area contributed by atoms with Gasteiger partial charge < -0.3 is 5.32 Å². The standard InChI is InChI=1S/C17H19NO/c1-18-12-17(9-4-10-17)16(19)15-8-7-13-5-2-3-6-14(13)11-15/h2-3,5-8,11,18H,4,9-10,12H2,1H3. The number of carbonyl (C=O) groups excluding carboxylic acids is 1. The van der Waals surface area contributed by atoms with E-state index >= 15 is 0 Å². The topological polar surface area (TPSA) is 29.1 Å². The van der Waals surface area contributed by atoms with Gasteiger partial charge in [-0.15, -0.1) is 0 Å². The van der Waals surface area contributed by atoms with E-state index in [-0.39, 0.29) is 5.41 Å². The molecular formula is C17H19NO.